The highest BCUT2D eigenvalue weighted by Gasteiger charge is 2.21. The number of ether oxygens (including phenoxy) is 1. The van der Waals surface area contributed by atoms with E-state index in [9.17, 15) is 18.0 Å². The van der Waals surface area contributed by atoms with E-state index in [4.69, 9.17) is 4.74 Å². The first-order chi connectivity index (χ1) is 17.3. The van der Waals surface area contributed by atoms with Crippen LogP contribution in [0.5, 0.6) is 0 Å². The quantitative estimate of drug-likeness (QED) is 0.334. The molecule has 4 rings (SSSR count). The number of esters is 1. The van der Waals surface area contributed by atoms with Crippen LogP contribution in [0, 0.1) is 13.8 Å². The number of aromatic nitrogens is 1. The highest BCUT2D eigenvalue weighted by Crippen LogP contribution is 2.25. The number of rotatable bonds is 6. The number of amides is 1. The topological polar surface area (TPSA) is 94.5 Å². The molecule has 1 N–H and O–H groups in total. The lowest BCUT2D eigenvalue weighted by Crippen LogP contribution is -2.24. The van der Waals surface area contributed by atoms with Crippen molar-refractivity contribution in [3.63, 3.8) is 0 Å². The average Bonchev–Trinajstić information content (AvgIpc) is 3.22. The molecule has 0 unspecified atom stereocenters. The third kappa shape index (κ3) is 6.09. The molecule has 0 aliphatic carbocycles. The largest absolute Gasteiger partial charge is 0.460 e. The zero-order valence-corrected chi connectivity index (χ0v) is 22.3. The molecule has 1 aromatic heterocycles. The van der Waals surface area contributed by atoms with Gasteiger partial charge in [-0.2, -0.15) is 0 Å². The van der Waals surface area contributed by atoms with Gasteiger partial charge in [-0.1, -0.05) is 24.3 Å². The lowest BCUT2D eigenvalue weighted by atomic mass is 10.1. The molecule has 1 heterocycles. The summed E-state index contributed by atoms with van der Waals surface area (Å²) in [5.41, 5.74) is 3.21. The van der Waals surface area contributed by atoms with Crippen molar-refractivity contribution < 1.29 is 22.7 Å². The summed E-state index contributed by atoms with van der Waals surface area (Å²) in [6.45, 7) is 9.16. The molecular formula is C29H30N2O5S. The van der Waals surface area contributed by atoms with Gasteiger partial charge in [-0.05, 0) is 93.8 Å². The maximum atomic E-state index is 13.4. The summed E-state index contributed by atoms with van der Waals surface area (Å²) in [6, 6.07) is 18.8. The highest BCUT2D eigenvalue weighted by molar-refractivity contribution is 7.90. The van der Waals surface area contributed by atoms with E-state index in [1.807, 2.05) is 40.7 Å². The minimum atomic E-state index is -3.85. The maximum absolute atomic E-state index is 13.4. The second-order valence-corrected chi connectivity index (χ2v) is 11.9. The number of benzene rings is 3. The first kappa shape index (κ1) is 26.2. The molecule has 0 bridgehead atoms. The van der Waals surface area contributed by atoms with Crippen LogP contribution in [0.2, 0.25) is 0 Å². The zero-order chi connectivity index (χ0) is 27.0. The van der Waals surface area contributed by atoms with Gasteiger partial charge in [0.1, 0.15) is 5.60 Å². The van der Waals surface area contributed by atoms with Gasteiger partial charge in [0.15, 0.2) is 0 Å². The van der Waals surface area contributed by atoms with Gasteiger partial charge >= 0.3 is 5.97 Å². The fraction of sp³-hybridized carbons (Fsp3) is 0.241. The Labute approximate surface area is 217 Å². The summed E-state index contributed by atoms with van der Waals surface area (Å²) < 4.78 is 33.3. The average molecular weight is 519 g/mol. The predicted molar refractivity (Wildman–Crippen MR) is 144 cm³/mol. The van der Waals surface area contributed by atoms with Crippen molar-refractivity contribution >= 4 is 38.5 Å². The number of fused-ring (bicyclic) bond motifs is 1. The second kappa shape index (κ2) is 9.86. The van der Waals surface area contributed by atoms with E-state index >= 15 is 0 Å². The van der Waals surface area contributed by atoms with Crippen molar-refractivity contribution in [1.82, 2.24) is 3.97 Å². The molecular weight excluding hydrogens is 488 g/mol. The molecule has 7 nitrogen and oxygen atoms in total. The van der Waals surface area contributed by atoms with Crippen LogP contribution in [0.3, 0.4) is 0 Å². The van der Waals surface area contributed by atoms with Crippen LogP contribution >= 0.6 is 0 Å². The Balaban J connectivity index is 1.54. The molecule has 0 atom stereocenters. The van der Waals surface area contributed by atoms with E-state index in [1.165, 1.54) is 10.2 Å². The van der Waals surface area contributed by atoms with Crippen LogP contribution in [0.1, 0.15) is 47.8 Å². The number of anilines is 1. The molecule has 8 heteroatoms. The Kier molecular flexibility index (Phi) is 6.97. The third-order valence-corrected chi connectivity index (χ3v) is 7.32. The van der Waals surface area contributed by atoms with Crippen molar-refractivity contribution in [1.29, 1.82) is 0 Å². The van der Waals surface area contributed by atoms with Gasteiger partial charge in [-0.25, -0.2) is 12.4 Å². The van der Waals surface area contributed by atoms with Gasteiger partial charge in [0.2, 0.25) is 0 Å². The smallest absolute Gasteiger partial charge is 0.310 e. The number of carbonyl (C=O) groups is 2. The molecule has 3 aromatic carbocycles. The fourth-order valence-corrected chi connectivity index (χ4v) is 5.64. The van der Waals surface area contributed by atoms with E-state index in [2.05, 4.69) is 5.32 Å². The summed E-state index contributed by atoms with van der Waals surface area (Å²) in [7, 11) is -3.85. The van der Waals surface area contributed by atoms with E-state index < -0.39 is 15.6 Å². The maximum Gasteiger partial charge on any atom is 0.310 e. The number of aryl methyl sites for hydroxylation is 2. The van der Waals surface area contributed by atoms with Gasteiger partial charge in [0.25, 0.3) is 15.9 Å². The van der Waals surface area contributed by atoms with E-state index in [0.29, 0.717) is 22.2 Å². The van der Waals surface area contributed by atoms with Crippen LogP contribution < -0.4 is 5.32 Å². The van der Waals surface area contributed by atoms with E-state index in [1.54, 1.807) is 60.7 Å². The molecule has 4 aromatic rings. The fourth-order valence-electron chi connectivity index (χ4n) is 4.10. The molecule has 37 heavy (non-hydrogen) atoms. The molecule has 0 spiro atoms. The molecule has 0 saturated heterocycles. The van der Waals surface area contributed by atoms with Gasteiger partial charge in [0, 0.05) is 22.8 Å². The van der Waals surface area contributed by atoms with Crippen LogP contribution in [-0.4, -0.2) is 29.9 Å². The lowest BCUT2D eigenvalue weighted by Gasteiger charge is -2.19. The highest BCUT2D eigenvalue weighted by atomic mass is 32.2. The number of hydrogen-bond acceptors (Lipinski definition) is 5. The van der Waals surface area contributed by atoms with E-state index in [0.717, 1.165) is 16.7 Å². The minimum Gasteiger partial charge on any atom is -0.460 e. The van der Waals surface area contributed by atoms with Crippen molar-refractivity contribution in [2.45, 2.75) is 51.5 Å². The molecule has 0 radical (unpaired) electrons. The van der Waals surface area contributed by atoms with Crippen molar-refractivity contribution in [3.8, 4) is 0 Å². The summed E-state index contributed by atoms with van der Waals surface area (Å²) in [4.78, 5) is 25.2. The van der Waals surface area contributed by atoms with Crippen LogP contribution in [0.4, 0.5) is 5.69 Å². The number of hydrogen-bond donors (Lipinski definition) is 1. The van der Waals surface area contributed by atoms with E-state index in [-0.39, 0.29) is 23.2 Å². The summed E-state index contributed by atoms with van der Waals surface area (Å²) in [5.74, 6) is -0.699. The lowest BCUT2D eigenvalue weighted by molar-refractivity contribution is -0.153. The summed E-state index contributed by atoms with van der Waals surface area (Å²) >= 11 is 0. The van der Waals surface area contributed by atoms with Crippen LogP contribution in [-0.2, 0) is 26.0 Å². The first-order valence-electron chi connectivity index (χ1n) is 11.9. The first-order valence-corrected chi connectivity index (χ1v) is 13.3. The standard InChI is InChI=1S/C29H30N2O5S/c1-19-14-20(2)16-25(15-19)37(34,35)31-13-12-22-8-9-23(18-26(22)31)28(33)30-24-10-6-21(7-11-24)17-27(32)36-29(3,4)5/h6-16,18H,17H2,1-5H3,(H,30,33). The van der Waals surface area contributed by atoms with Gasteiger partial charge in [-0.3, -0.25) is 9.59 Å². The number of nitrogens with one attached hydrogen (secondary N) is 1. The number of nitrogens with zero attached hydrogens (tertiary/aromatic N) is 1. The Hall–Kier alpha value is -3.91. The third-order valence-electron chi connectivity index (χ3n) is 5.65. The monoisotopic (exact) mass is 518 g/mol. The summed E-state index contributed by atoms with van der Waals surface area (Å²) in [6.07, 6.45) is 1.64. The molecule has 192 valence electrons. The Morgan fingerprint density at radius 2 is 1.54 bits per heavy atom. The van der Waals surface area contributed by atoms with Crippen LogP contribution in [0.25, 0.3) is 10.9 Å². The van der Waals surface area contributed by atoms with Gasteiger partial charge < -0.3 is 10.1 Å². The predicted octanol–water partition coefficient (Wildman–Crippen LogP) is 5.63. The van der Waals surface area contributed by atoms with Crippen molar-refractivity contribution in [2.24, 2.45) is 0 Å². The molecule has 1 amide bonds. The Morgan fingerprint density at radius 1 is 0.892 bits per heavy atom. The van der Waals surface area contributed by atoms with Gasteiger partial charge in [0.05, 0.1) is 16.8 Å². The Bertz CT molecular complexity index is 1570. The van der Waals surface area contributed by atoms with Gasteiger partial charge in [-0.15, -0.1) is 0 Å². The number of carbonyl (C=O) groups excluding carboxylic acids is 2. The second-order valence-electron chi connectivity index (χ2n) is 10.1. The van der Waals surface area contributed by atoms with Crippen molar-refractivity contribution in [2.75, 3.05) is 5.32 Å². The Morgan fingerprint density at radius 3 is 2.16 bits per heavy atom. The minimum absolute atomic E-state index is 0.133. The normalized spacial score (nSPS) is 11.9. The molecule has 0 saturated carbocycles. The summed E-state index contributed by atoms with van der Waals surface area (Å²) in [5, 5.41) is 3.53. The molecule has 0 aliphatic rings. The molecule has 0 aliphatic heterocycles. The zero-order valence-electron chi connectivity index (χ0n) is 21.5. The molecule has 0 fully saturated rings. The van der Waals surface area contributed by atoms with Crippen LogP contribution in [0.15, 0.2) is 77.8 Å². The SMILES string of the molecule is Cc1cc(C)cc(S(=O)(=O)n2ccc3ccc(C(=O)Nc4ccc(CC(=O)OC(C)(C)C)cc4)cc32)c1. The van der Waals surface area contributed by atoms with Crippen molar-refractivity contribution in [3.05, 3.63) is 95.2 Å².